The lowest BCUT2D eigenvalue weighted by Crippen LogP contribution is -2.33. The summed E-state index contributed by atoms with van der Waals surface area (Å²) in [7, 11) is 1.04. The van der Waals surface area contributed by atoms with Crippen molar-refractivity contribution in [1.29, 1.82) is 0 Å². The lowest BCUT2D eigenvalue weighted by molar-refractivity contribution is 0.217. The third kappa shape index (κ3) is 5.87. The molecule has 3 aromatic rings. The number of anilines is 1. The predicted molar refractivity (Wildman–Crippen MR) is 137 cm³/mol. The quantitative estimate of drug-likeness (QED) is 0.451. The van der Waals surface area contributed by atoms with Gasteiger partial charge in [-0.15, -0.1) is 12.4 Å². The fourth-order valence-electron chi connectivity index (χ4n) is 4.14. The topological polar surface area (TPSA) is 77.1 Å². The summed E-state index contributed by atoms with van der Waals surface area (Å²) in [5.41, 5.74) is 0.581. The summed E-state index contributed by atoms with van der Waals surface area (Å²) < 4.78 is 43.6. The van der Waals surface area contributed by atoms with E-state index in [1.807, 2.05) is 38.4 Å². The number of hydrogen-bond acceptors (Lipinski definition) is 7. The van der Waals surface area contributed by atoms with E-state index < -0.39 is 10.1 Å². The third-order valence-electron chi connectivity index (χ3n) is 5.76. The highest BCUT2D eigenvalue weighted by molar-refractivity contribution is 7.87. The fourth-order valence-corrected chi connectivity index (χ4v) is 5.35. The Kier molecular flexibility index (Phi) is 8.52. The van der Waals surface area contributed by atoms with Crippen molar-refractivity contribution in [3.8, 4) is 17.2 Å². The van der Waals surface area contributed by atoms with Crippen LogP contribution < -0.4 is 23.9 Å². The minimum atomic E-state index is -4.12. The van der Waals surface area contributed by atoms with E-state index in [0.717, 1.165) is 36.7 Å². The van der Waals surface area contributed by atoms with E-state index >= 15 is 0 Å². The lowest BCUT2D eigenvalue weighted by atomic mass is 10.0. The number of benzene rings is 3. The molecule has 184 valence electrons. The van der Waals surface area contributed by atoms with Crippen LogP contribution in [0.5, 0.6) is 17.2 Å². The minimum Gasteiger partial charge on any atom is -0.496 e. The molecule has 0 radical (unpaired) electrons. The van der Waals surface area contributed by atoms with Crippen molar-refractivity contribution in [2.45, 2.75) is 17.7 Å². The Morgan fingerprint density at radius 1 is 1.03 bits per heavy atom. The minimum absolute atomic E-state index is 0. The zero-order chi connectivity index (χ0) is 23.4. The number of hydrogen-bond donors (Lipinski definition) is 1. The zero-order valence-electron chi connectivity index (χ0n) is 19.6. The van der Waals surface area contributed by atoms with E-state index in [0.29, 0.717) is 29.7 Å². The van der Waals surface area contributed by atoms with Crippen LogP contribution in [-0.2, 0) is 10.1 Å². The first-order valence-corrected chi connectivity index (χ1v) is 12.4. The largest absolute Gasteiger partial charge is 0.496 e. The Labute approximate surface area is 207 Å². The molecule has 1 fully saturated rings. The van der Waals surface area contributed by atoms with Crippen LogP contribution in [0.25, 0.3) is 10.8 Å². The number of fused-ring (bicyclic) bond motifs is 1. The first kappa shape index (κ1) is 25.9. The highest BCUT2D eigenvalue weighted by Gasteiger charge is 2.25. The highest BCUT2D eigenvalue weighted by Crippen LogP contribution is 2.36. The molecule has 3 aromatic carbocycles. The summed E-state index contributed by atoms with van der Waals surface area (Å²) in [6, 6.07) is 15.9. The summed E-state index contributed by atoms with van der Waals surface area (Å²) in [6.45, 7) is 2.49. The predicted octanol–water partition coefficient (Wildman–Crippen LogP) is 4.48. The molecule has 1 aliphatic rings. The summed E-state index contributed by atoms with van der Waals surface area (Å²) in [6.07, 6.45) is 2.22. The van der Waals surface area contributed by atoms with E-state index in [1.165, 1.54) is 7.11 Å². The molecule has 1 unspecified atom stereocenters. The van der Waals surface area contributed by atoms with Gasteiger partial charge < -0.3 is 23.9 Å². The molecule has 0 aromatic heterocycles. The molecule has 1 atom stereocenters. The Bertz CT molecular complexity index is 1230. The van der Waals surface area contributed by atoms with Crippen LogP contribution in [-0.4, -0.2) is 49.3 Å². The summed E-state index contributed by atoms with van der Waals surface area (Å²) >= 11 is 0. The van der Waals surface area contributed by atoms with Gasteiger partial charge in [0.2, 0.25) is 0 Å². The number of halogens is 1. The molecular weight excluding hydrogens is 476 g/mol. The molecule has 1 heterocycles. The molecule has 7 nitrogen and oxygen atoms in total. The Balaban J connectivity index is 0.00000324. The van der Waals surface area contributed by atoms with Crippen LogP contribution in [0.4, 0.5) is 5.69 Å². The third-order valence-corrected chi connectivity index (χ3v) is 7.04. The van der Waals surface area contributed by atoms with Crippen molar-refractivity contribution in [3.05, 3.63) is 54.6 Å². The SMILES string of the molecule is COc1cc(OCC2CCCNC2)cc(OS(=O)(=O)c2ccc3ccccc3c2N(C)C)c1.Cl. The maximum Gasteiger partial charge on any atom is 0.341 e. The molecule has 0 aliphatic carbocycles. The Morgan fingerprint density at radius 2 is 1.76 bits per heavy atom. The second-order valence-corrected chi connectivity index (χ2v) is 9.95. The van der Waals surface area contributed by atoms with Gasteiger partial charge in [0.05, 0.1) is 19.4 Å². The molecule has 1 N–H and O–H groups in total. The van der Waals surface area contributed by atoms with Gasteiger partial charge in [0.25, 0.3) is 0 Å². The number of ether oxygens (including phenoxy) is 2. The van der Waals surface area contributed by atoms with Gasteiger partial charge >= 0.3 is 10.1 Å². The van der Waals surface area contributed by atoms with Crippen molar-refractivity contribution < 1.29 is 22.1 Å². The first-order chi connectivity index (χ1) is 15.9. The van der Waals surface area contributed by atoms with Gasteiger partial charge in [0.1, 0.15) is 22.1 Å². The molecule has 4 rings (SSSR count). The molecular formula is C25H31ClN2O5S. The standard InChI is InChI=1S/C25H30N2O5S.ClH/c1-27(2)25-23-9-5-4-8-19(23)10-11-24(25)33(28,29)32-22-14-20(30-3)13-21(15-22)31-17-18-7-6-12-26-16-18;/h4-5,8-11,13-15,18,26H,6-7,12,16-17H2,1-3H3;1H. The van der Waals surface area contributed by atoms with Crippen LogP contribution in [0, 0.1) is 5.92 Å². The Morgan fingerprint density at radius 3 is 2.47 bits per heavy atom. The molecule has 1 saturated heterocycles. The van der Waals surface area contributed by atoms with Crippen molar-refractivity contribution >= 4 is 39.0 Å². The highest BCUT2D eigenvalue weighted by atomic mass is 35.5. The van der Waals surface area contributed by atoms with Crippen LogP contribution in [0.15, 0.2) is 59.5 Å². The van der Waals surface area contributed by atoms with Crippen LogP contribution in [0.1, 0.15) is 12.8 Å². The number of rotatable bonds is 8. The smallest absolute Gasteiger partial charge is 0.341 e. The zero-order valence-corrected chi connectivity index (χ0v) is 21.2. The van der Waals surface area contributed by atoms with E-state index in [2.05, 4.69) is 5.32 Å². The van der Waals surface area contributed by atoms with E-state index in [-0.39, 0.29) is 23.1 Å². The average Bonchev–Trinajstić information content (AvgIpc) is 2.82. The maximum atomic E-state index is 13.3. The van der Waals surface area contributed by atoms with Crippen LogP contribution in [0.3, 0.4) is 0 Å². The van der Waals surface area contributed by atoms with Crippen molar-refractivity contribution in [2.75, 3.05) is 45.8 Å². The molecule has 9 heteroatoms. The summed E-state index contributed by atoms with van der Waals surface area (Å²) in [5, 5.41) is 5.16. The number of methoxy groups -OCH3 is 1. The van der Waals surface area contributed by atoms with Gasteiger partial charge in [0.15, 0.2) is 0 Å². The van der Waals surface area contributed by atoms with Crippen molar-refractivity contribution in [1.82, 2.24) is 5.32 Å². The normalized spacial score (nSPS) is 15.9. The number of nitrogens with zero attached hydrogens (tertiary/aromatic N) is 1. The van der Waals surface area contributed by atoms with Crippen molar-refractivity contribution in [3.63, 3.8) is 0 Å². The molecule has 34 heavy (non-hydrogen) atoms. The molecule has 0 bridgehead atoms. The first-order valence-electron chi connectivity index (χ1n) is 11.0. The average molecular weight is 507 g/mol. The van der Waals surface area contributed by atoms with Crippen LogP contribution >= 0.6 is 12.4 Å². The maximum absolute atomic E-state index is 13.3. The number of nitrogens with one attached hydrogen (secondary N) is 1. The lowest BCUT2D eigenvalue weighted by Gasteiger charge is -2.23. The monoisotopic (exact) mass is 506 g/mol. The van der Waals surface area contributed by atoms with Gasteiger partial charge in [-0.3, -0.25) is 0 Å². The van der Waals surface area contributed by atoms with Gasteiger partial charge in [0, 0.05) is 50.1 Å². The van der Waals surface area contributed by atoms with Gasteiger partial charge in [-0.25, -0.2) is 0 Å². The number of piperidine rings is 1. The van der Waals surface area contributed by atoms with Gasteiger partial charge in [-0.1, -0.05) is 30.3 Å². The second kappa shape index (κ2) is 11.2. The summed E-state index contributed by atoms with van der Waals surface area (Å²) in [4.78, 5) is 1.89. The van der Waals surface area contributed by atoms with E-state index in [9.17, 15) is 8.42 Å². The second-order valence-electron chi connectivity index (χ2n) is 8.43. The van der Waals surface area contributed by atoms with Crippen molar-refractivity contribution in [2.24, 2.45) is 5.92 Å². The molecule has 0 spiro atoms. The van der Waals surface area contributed by atoms with Crippen LogP contribution in [0.2, 0.25) is 0 Å². The van der Waals surface area contributed by atoms with E-state index in [4.69, 9.17) is 13.7 Å². The molecule has 0 saturated carbocycles. The molecule has 1 aliphatic heterocycles. The van der Waals surface area contributed by atoms with Gasteiger partial charge in [-0.05, 0) is 30.8 Å². The van der Waals surface area contributed by atoms with E-state index in [1.54, 1.807) is 35.2 Å². The Hall–Kier alpha value is -2.68. The fraction of sp³-hybridized carbons (Fsp3) is 0.360. The van der Waals surface area contributed by atoms with Gasteiger partial charge in [-0.2, -0.15) is 8.42 Å². The molecule has 0 amide bonds. The summed E-state index contributed by atoms with van der Waals surface area (Å²) in [5.74, 6) is 1.53.